The maximum absolute atomic E-state index is 12.6. The lowest BCUT2D eigenvalue weighted by Crippen LogP contribution is -2.49. The van der Waals surface area contributed by atoms with E-state index in [0.717, 1.165) is 29.7 Å². The number of aryl methyl sites for hydroxylation is 2. The molecule has 1 N–H and O–H groups in total. The quantitative estimate of drug-likeness (QED) is 0.640. The summed E-state index contributed by atoms with van der Waals surface area (Å²) in [6.07, 6.45) is 4.45. The number of fused-ring (bicyclic) bond motifs is 1. The average Bonchev–Trinajstić information content (AvgIpc) is 2.92. The minimum Gasteiger partial charge on any atom is -0.337 e. The van der Waals surface area contributed by atoms with Gasteiger partial charge in [0.05, 0.1) is 17.2 Å². The van der Waals surface area contributed by atoms with Crippen molar-refractivity contribution < 1.29 is 4.79 Å². The molecule has 1 aliphatic carbocycles. The van der Waals surface area contributed by atoms with Crippen molar-refractivity contribution in [2.45, 2.75) is 56.6 Å². The monoisotopic (exact) mass is 390 g/mol. The highest BCUT2D eigenvalue weighted by Crippen LogP contribution is 2.29. The van der Waals surface area contributed by atoms with E-state index in [2.05, 4.69) is 16.4 Å². The molecule has 0 bridgehead atoms. The highest BCUT2D eigenvalue weighted by atomic mass is 32.2. The second kappa shape index (κ2) is 7.41. The molecule has 8 heteroatoms. The van der Waals surface area contributed by atoms with Gasteiger partial charge in [-0.25, -0.2) is 4.98 Å². The first-order valence-electron chi connectivity index (χ1n) is 8.69. The van der Waals surface area contributed by atoms with E-state index in [1.807, 2.05) is 13.8 Å². The minimum absolute atomic E-state index is 0.0828. The fourth-order valence-corrected chi connectivity index (χ4v) is 5.18. The van der Waals surface area contributed by atoms with E-state index in [0.29, 0.717) is 28.2 Å². The van der Waals surface area contributed by atoms with Crippen LogP contribution in [0.5, 0.6) is 0 Å². The molecule has 0 unspecified atom stereocenters. The van der Waals surface area contributed by atoms with Gasteiger partial charge >= 0.3 is 0 Å². The number of rotatable bonds is 4. The Labute approximate surface area is 160 Å². The molecule has 0 radical (unpaired) electrons. The van der Waals surface area contributed by atoms with Crippen molar-refractivity contribution in [3.05, 3.63) is 20.8 Å². The molecule has 0 atom stereocenters. The van der Waals surface area contributed by atoms with Crippen molar-refractivity contribution in [3.63, 3.8) is 0 Å². The lowest BCUT2D eigenvalue weighted by atomic mass is 9.83. The number of nitrogens with one attached hydrogen (secondary N) is 1. The van der Waals surface area contributed by atoms with Crippen molar-refractivity contribution >= 4 is 39.2 Å². The van der Waals surface area contributed by atoms with Gasteiger partial charge in [0.1, 0.15) is 10.4 Å². The van der Waals surface area contributed by atoms with E-state index in [9.17, 15) is 14.9 Å². The van der Waals surface area contributed by atoms with Crippen molar-refractivity contribution in [2.75, 3.05) is 5.75 Å². The van der Waals surface area contributed by atoms with Crippen molar-refractivity contribution in [1.82, 2.24) is 14.9 Å². The van der Waals surface area contributed by atoms with Gasteiger partial charge in [-0.2, -0.15) is 5.26 Å². The SMILES string of the molecule is Cc1sc2nc(SCC(=O)NC3(C#N)CCCCC3)n(C)c(=O)c2c1C. The molecule has 2 heterocycles. The number of amides is 1. The molecule has 26 heavy (non-hydrogen) atoms. The molecule has 2 aromatic rings. The molecule has 0 spiro atoms. The highest BCUT2D eigenvalue weighted by molar-refractivity contribution is 7.99. The van der Waals surface area contributed by atoms with Crippen LogP contribution >= 0.6 is 23.1 Å². The van der Waals surface area contributed by atoms with Gasteiger partial charge in [-0.3, -0.25) is 14.2 Å². The Morgan fingerprint density at radius 2 is 2.08 bits per heavy atom. The third kappa shape index (κ3) is 3.51. The molecular formula is C18H22N4O2S2. The number of hydrogen-bond donors (Lipinski definition) is 1. The van der Waals surface area contributed by atoms with E-state index >= 15 is 0 Å². The van der Waals surface area contributed by atoms with Crippen LogP contribution in [-0.4, -0.2) is 26.8 Å². The molecule has 0 saturated heterocycles. The average molecular weight is 391 g/mol. The summed E-state index contributed by atoms with van der Waals surface area (Å²) in [7, 11) is 1.68. The Hall–Kier alpha value is -1.85. The zero-order chi connectivity index (χ0) is 18.9. The summed E-state index contributed by atoms with van der Waals surface area (Å²) < 4.78 is 1.50. The van der Waals surface area contributed by atoms with E-state index in [-0.39, 0.29) is 17.2 Å². The normalized spacial score (nSPS) is 16.4. The Morgan fingerprint density at radius 1 is 1.38 bits per heavy atom. The summed E-state index contributed by atoms with van der Waals surface area (Å²) in [5.41, 5.74) is 0.155. The van der Waals surface area contributed by atoms with Gasteiger partial charge in [-0.05, 0) is 32.3 Å². The van der Waals surface area contributed by atoms with Crippen LogP contribution < -0.4 is 10.9 Å². The largest absolute Gasteiger partial charge is 0.337 e. The van der Waals surface area contributed by atoms with E-state index in [4.69, 9.17) is 0 Å². The first-order valence-corrected chi connectivity index (χ1v) is 10.5. The number of carbonyl (C=O) groups is 1. The second-order valence-corrected chi connectivity index (χ2v) is 8.96. The molecule has 2 aromatic heterocycles. The zero-order valence-electron chi connectivity index (χ0n) is 15.2. The van der Waals surface area contributed by atoms with Crippen LogP contribution in [0.2, 0.25) is 0 Å². The molecule has 0 aliphatic heterocycles. The predicted molar refractivity (Wildman–Crippen MR) is 105 cm³/mol. The lowest BCUT2D eigenvalue weighted by Gasteiger charge is -2.31. The fourth-order valence-electron chi connectivity index (χ4n) is 3.34. The zero-order valence-corrected chi connectivity index (χ0v) is 16.9. The second-order valence-electron chi connectivity index (χ2n) is 6.81. The molecule has 1 aliphatic rings. The summed E-state index contributed by atoms with van der Waals surface area (Å²) in [5.74, 6) is -0.0511. The maximum Gasteiger partial charge on any atom is 0.262 e. The van der Waals surface area contributed by atoms with Gasteiger partial charge in [0.15, 0.2) is 5.16 Å². The van der Waals surface area contributed by atoms with E-state index in [1.54, 1.807) is 7.05 Å². The van der Waals surface area contributed by atoms with Crippen LogP contribution in [-0.2, 0) is 11.8 Å². The number of hydrogen-bond acceptors (Lipinski definition) is 6. The van der Waals surface area contributed by atoms with Gasteiger partial charge < -0.3 is 5.32 Å². The summed E-state index contributed by atoms with van der Waals surface area (Å²) in [4.78, 5) is 31.4. The molecule has 1 saturated carbocycles. The van der Waals surface area contributed by atoms with E-state index in [1.165, 1.54) is 27.7 Å². The van der Waals surface area contributed by atoms with Gasteiger partial charge in [-0.1, -0.05) is 31.0 Å². The smallest absolute Gasteiger partial charge is 0.262 e. The predicted octanol–water partition coefficient (Wildman–Crippen LogP) is 3.05. The minimum atomic E-state index is -0.735. The number of thioether (sulfide) groups is 1. The van der Waals surface area contributed by atoms with Crippen LogP contribution in [0.3, 0.4) is 0 Å². The van der Waals surface area contributed by atoms with Crippen molar-refractivity contribution in [1.29, 1.82) is 5.26 Å². The highest BCUT2D eigenvalue weighted by Gasteiger charge is 2.33. The van der Waals surface area contributed by atoms with Gasteiger partial charge in [0.2, 0.25) is 5.91 Å². The topological polar surface area (TPSA) is 87.8 Å². The Balaban J connectivity index is 1.75. The van der Waals surface area contributed by atoms with Gasteiger partial charge in [0, 0.05) is 11.9 Å². The first-order chi connectivity index (χ1) is 12.4. The Kier molecular flexibility index (Phi) is 5.39. The molecule has 1 fully saturated rings. The number of aromatic nitrogens is 2. The Bertz CT molecular complexity index is 949. The molecule has 138 valence electrons. The van der Waals surface area contributed by atoms with Gasteiger partial charge in [-0.15, -0.1) is 11.3 Å². The first kappa shape index (κ1) is 18.9. The third-order valence-corrected chi connectivity index (χ3v) is 7.13. The van der Waals surface area contributed by atoms with Gasteiger partial charge in [0.25, 0.3) is 5.56 Å². The molecule has 3 rings (SSSR count). The lowest BCUT2D eigenvalue weighted by molar-refractivity contribution is -0.120. The molecule has 0 aromatic carbocycles. The molecule has 1 amide bonds. The fraction of sp³-hybridized carbons (Fsp3) is 0.556. The van der Waals surface area contributed by atoms with Crippen LogP contribution in [0.1, 0.15) is 42.5 Å². The molecule has 6 nitrogen and oxygen atoms in total. The molecular weight excluding hydrogens is 368 g/mol. The van der Waals surface area contributed by atoms with Crippen LogP contribution in [0.25, 0.3) is 10.2 Å². The number of nitrogens with zero attached hydrogens (tertiary/aromatic N) is 3. The van der Waals surface area contributed by atoms with E-state index < -0.39 is 5.54 Å². The third-order valence-electron chi connectivity index (χ3n) is 5.00. The standard InChI is InChI=1S/C18H22N4O2S2/c1-11-12(2)26-15-14(11)16(24)22(3)17(20-15)25-9-13(23)21-18(10-19)7-5-4-6-8-18/h4-9H2,1-3H3,(H,21,23). The Morgan fingerprint density at radius 3 is 2.73 bits per heavy atom. The van der Waals surface area contributed by atoms with Crippen LogP contribution in [0, 0.1) is 25.2 Å². The number of thiophene rings is 1. The summed E-state index contributed by atoms with van der Waals surface area (Å²) in [6.45, 7) is 3.91. The number of carbonyl (C=O) groups excluding carboxylic acids is 1. The number of nitriles is 1. The summed E-state index contributed by atoms with van der Waals surface area (Å²) in [5, 5.41) is 13.6. The van der Waals surface area contributed by atoms with Crippen LogP contribution in [0.15, 0.2) is 9.95 Å². The van der Waals surface area contributed by atoms with Crippen molar-refractivity contribution in [3.8, 4) is 6.07 Å². The summed E-state index contributed by atoms with van der Waals surface area (Å²) >= 11 is 2.73. The summed E-state index contributed by atoms with van der Waals surface area (Å²) in [6, 6.07) is 2.29. The maximum atomic E-state index is 12.6. The van der Waals surface area contributed by atoms with Crippen LogP contribution in [0.4, 0.5) is 0 Å². The van der Waals surface area contributed by atoms with Crippen molar-refractivity contribution in [2.24, 2.45) is 7.05 Å².